The second-order valence-electron chi connectivity index (χ2n) is 19.7. The van der Waals surface area contributed by atoms with Gasteiger partial charge in [0, 0.05) is 6.42 Å². The second-order valence-corrected chi connectivity index (χ2v) is 19.7. The lowest BCUT2D eigenvalue weighted by Gasteiger charge is -2.48. The molecule has 3 fully saturated rings. The lowest BCUT2D eigenvalue weighted by Crippen LogP contribution is -2.66. The molecule has 19 heteroatoms. The monoisotopic (exact) mass is 998 g/mol. The van der Waals surface area contributed by atoms with Gasteiger partial charge >= 0.3 is 0 Å². The van der Waals surface area contributed by atoms with Crippen molar-refractivity contribution in [3.8, 4) is 0 Å². The molecule has 69 heavy (non-hydrogen) atoms. The summed E-state index contributed by atoms with van der Waals surface area (Å²) >= 11 is 0. The first-order valence-corrected chi connectivity index (χ1v) is 26.8. The summed E-state index contributed by atoms with van der Waals surface area (Å²) in [4.78, 5) is 13.2. The molecule has 0 aliphatic carbocycles. The average molecular weight is 998 g/mol. The molecule has 17 unspecified atom stereocenters. The van der Waals surface area contributed by atoms with E-state index in [1.54, 1.807) is 0 Å². The topological polar surface area (TPSA) is 307 Å². The van der Waals surface area contributed by atoms with Crippen LogP contribution in [0.2, 0.25) is 0 Å². The van der Waals surface area contributed by atoms with Crippen molar-refractivity contribution >= 4 is 5.91 Å². The summed E-state index contributed by atoms with van der Waals surface area (Å²) in [5.41, 5.74) is 0. The van der Waals surface area contributed by atoms with Gasteiger partial charge in [0.15, 0.2) is 18.9 Å². The molecule has 408 valence electrons. The molecule has 0 saturated carbocycles. The van der Waals surface area contributed by atoms with Crippen LogP contribution >= 0.6 is 0 Å². The Balaban J connectivity index is 1.55. The number of carbonyl (C=O) groups is 1. The molecule has 0 aromatic rings. The molecular formula is C50H95NO18. The van der Waals surface area contributed by atoms with Crippen molar-refractivity contribution in [2.24, 2.45) is 0 Å². The van der Waals surface area contributed by atoms with Gasteiger partial charge in [-0.3, -0.25) is 4.79 Å². The van der Waals surface area contributed by atoms with Gasteiger partial charge in [0.1, 0.15) is 73.2 Å². The van der Waals surface area contributed by atoms with E-state index in [1.165, 1.54) is 103 Å². The molecule has 19 nitrogen and oxygen atoms in total. The molecule has 3 heterocycles. The molecule has 0 bridgehead atoms. The summed E-state index contributed by atoms with van der Waals surface area (Å²) < 4.78 is 34.2. The number of ether oxygens (including phenoxy) is 6. The lowest BCUT2D eigenvalue weighted by molar-refractivity contribution is -0.379. The van der Waals surface area contributed by atoms with E-state index in [9.17, 15) is 61.0 Å². The van der Waals surface area contributed by atoms with Crippen LogP contribution in [0.1, 0.15) is 181 Å². The Morgan fingerprint density at radius 2 is 0.826 bits per heavy atom. The quantitative estimate of drug-likeness (QED) is 0.0396. The number of aliphatic hydroxyl groups excluding tert-OH is 11. The Labute approximate surface area is 411 Å². The van der Waals surface area contributed by atoms with Gasteiger partial charge in [0.2, 0.25) is 5.91 Å². The maximum atomic E-state index is 13.2. The summed E-state index contributed by atoms with van der Waals surface area (Å²) in [7, 11) is 0. The minimum absolute atomic E-state index is 0.244. The van der Waals surface area contributed by atoms with Crippen molar-refractivity contribution in [2.45, 2.75) is 285 Å². The number of rotatable bonds is 38. The zero-order valence-corrected chi connectivity index (χ0v) is 41.8. The third-order valence-corrected chi connectivity index (χ3v) is 13.9. The smallest absolute Gasteiger partial charge is 0.220 e. The van der Waals surface area contributed by atoms with Gasteiger partial charge in [0.25, 0.3) is 0 Å². The van der Waals surface area contributed by atoms with Crippen LogP contribution < -0.4 is 5.32 Å². The van der Waals surface area contributed by atoms with Crippen molar-refractivity contribution in [3.63, 3.8) is 0 Å². The fourth-order valence-corrected chi connectivity index (χ4v) is 9.43. The van der Waals surface area contributed by atoms with Crippen molar-refractivity contribution < 1.29 is 89.4 Å². The number of amides is 1. The van der Waals surface area contributed by atoms with E-state index in [4.69, 9.17) is 28.4 Å². The van der Waals surface area contributed by atoms with E-state index in [0.717, 1.165) is 44.9 Å². The van der Waals surface area contributed by atoms with E-state index in [2.05, 4.69) is 19.2 Å². The molecule has 3 rings (SSSR count). The molecule has 0 aromatic heterocycles. The van der Waals surface area contributed by atoms with Crippen LogP contribution in [0.3, 0.4) is 0 Å². The molecule has 3 aliphatic rings. The van der Waals surface area contributed by atoms with Crippen molar-refractivity contribution in [2.75, 3.05) is 26.4 Å². The van der Waals surface area contributed by atoms with Crippen LogP contribution in [0, 0.1) is 0 Å². The summed E-state index contributed by atoms with van der Waals surface area (Å²) in [6.45, 7) is 1.75. The number of unbranched alkanes of at least 4 members (excludes halogenated alkanes) is 22. The highest BCUT2D eigenvalue weighted by atomic mass is 16.8. The van der Waals surface area contributed by atoms with Crippen LogP contribution in [0.4, 0.5) is 0 Å². The Bertz CT molecular complexity index is 1290. The Hall–Kier alpha value is -1.21. The molecule has 0 aromatic carbocycles. The minimum atomic E-state index is -1.97. The van der Waals surface area contributed by atoms with Gasteiger partial charge in [-0.25, -0.2) is 0 Å². The van der Waals surface area contributed by atoms with Crippen LogP contribution in [0.15, 0.2) is 0 Å². The van der Waals surface area contributed by atoms with Crippen molar-refractivity contribution in [1.29, 1.82) is 0 Å². The van der Waals surface area contributed by atoms with Gasteiger partial charge in [-0.2, -0.15) is 0 Å². The molecule has 3 aliphatic heterocycles. The number of hydrogen-bond donors (Lipinski definition) is 12. The predicted molar refractivity (Wildman–Crippen MR) is 254 cm³/mol. The largest absolute Gasteiger partial charge is 0.394 e. The zero-order valence-electron chi connectivity index (χ0n) is 41.8. The molecule has 0 spiro atoms. The zero-order chi connectivity index (χ0) is 50.6. The van der Waals surface area contributed by atoms with Gasteiger partial charge in [-0.15, -0.1) is 0 Å². The maximum absolute atomic E-state index is 13.2. The summed E-state index contributed by atoms with van der Waals surface area (Å²) in [5.74, 6) is -0.244. The predicted octanol–water partition coefficient (Wildman–Crippen LogP) is 2.48. The Morgan fingerprint density at radius 1 is 0.464 bits per heavy atom. The first kappa shape index (κ1) is 62.1. The highest BCUT2D eigenvalue weighted by Gasteiger charge is 2.53. The number of nitrogens with one attached hydrogen (secondary N) is 1. The maximum Gasteiger partial charge on any atom is 0.220 e. The summed E-state index contributed by atoms with van der Waals surface area (Å²) in [5, 5.41) is 120. The van der Waals surface area contributed by atoms with Crippen molar-refractivity contribution in [3.05, 3.63) is 0 Å². The fourth-order valence-electron chi connectivity index (χ4n) is 9.43. The standard InChI is InChI=1S/C50H95NO18/c1-3-5-7-9-11-13-15-17-19-21-23-25-27-34(55)33(51-38(56)28-26-24-22-20-18-16-14-12-10-8-6-4-2)32-64-48-44(62)41(59)46(36(30-53)66-48)69-50-45(63)42(60)47(37(31-54)67-50)68-49-43(61)40(58)39(57)35(29-52)65-49/h33-37,39-50,52-55,57-63H,3-32H2,1-2H3,(H,51,56). The molecule has 17 atom stereocenters. The van der Waals surface area contributed by atoms with E-state index in [0.29, 0.717) is 12.8 Å². The van der Waals surface area contributed by atoms with Crippen LogP contribution in [0.25, 0.3) is 0 Å². The van der Waals surface area contributed by atoms with Crippen LogP contribution in [0.5, 0.6) is 0 Å². The molecular weight excluding hydrogens is 903 g/mol. The van der Waals surface area contributed by atoms with E-state index in [-0.39, 0.29) is 18.9 Å². The highest BCUT2D eigenvalue weighted by molar-refractivity contribution is 5.76. The SMILES string of the molecule is CCCCCCCCCCCCCCC(=O)NC(COC1OC(CO)C(OC2OC(CO)C(OC3OC(CO)C(O)C(O)C3O)C(O)C2O)C(O)C1O)C(O)CCCCCCCCCCCCCC. The van der Waals surface area contributed by atoms with Crippen LogP contribution in [-0.2, 0) is 33.2 Å². The summed E-state index contributed by atoms with van der Waals surface area (Å²) in [6, 6.07) is -0.877. The highest BCUT2D eigenvalue weighted by Crippen LogP contribution is 2.33. The molecule has 1 amide bonds. The fraction of sp³-hybridized carbons (Fsp3) is 0.980. The first-order chi connectivity index (χ1) is 33.3. The third-order valence-electron chi connectivity index (χ3n) is 13.9. The van der Waals surface area contributed by atoms with Crippen LogP contribution in [-0.4, -0.2) is 193 Å². The molecule has 3 saturated heterocycles. The molecule has 0 radical (unpaired) electrons. The van der Waals surface area contributed by atoms with Crippen molar-refractivity contribution in [1.82, 2.24) is 5.32 Å². The first-order valence-electron chi connectivity index (χ1n) is 26.8. The number of hydrogen-bond acceptors (Lipinski definition) is 18. The third kappa shape index (κ3) is 21.7. The number of aliphatic hydroxyl groups is 11. The Kier molecular flexibility index (Phi) is 32.3. The van der Waals surface area contributed by atoms with E-state index >= 15 is 0 Å². The van der Waals surface area contributed by atoms with Gasteiger partial charge in [-0.05, 0) is 12.8 Å². The second kappa shape index (κ2) is 35.9. The molecule has 12 N–H and O–H groups in total. The normalized spacial score (nSPS) is 32.8. The minimum Gasteiger partial charge on any atom is -0.394 e. The van der Waals surface area contributed by atoms with E-state index < -0.39 is 124 Å². The van der Waals surface area contributed by atoms with Gasteiger partial charge < -0.3 is 89.9 Å². The van der Waals surface area contributed by atoms with Gasteiger partial charge in [-0.1, -0.05) is 162 Å². The average Bonchev–Trinajstić information content (AvgIpc) is 3.34. The van der Waals surface area contributed by atoms with Gasteiger partial charge in [0.05, 0.1) is 38.6 Å². The number of carbonyl (C=O) groups excluding carboxylic acids is 1. The Morgan fingerprint density at radius 3 is 1.26 bits per heavy atom. The summed E-state index contributed by atoms with van der Waals surface area (Å²) in [6.07, 6.45) is 2.07. The van der Waals surface area contributed by atoms with E-state index in [1.807, 2.05) is 0 Å². The lowest BCUT2D eigenvalue weighted by atomic mass is 9.96.